The summed E-state index contributed by atoms with van der Waals surface area (Å²) in [4.78, 5) is 3.75. The molecule has 4 heteroatoms. The summed E-state index contributed by atoms with van der Waals surface area (Å²) in [6, 6.07) is 4.91. The van der Waals surface area contributed by atoms with Gasteiger partial charge in [0, 0.05) is 5.69 Å². The Kier molecular flexibility index (Phi) is 1.66. The lowest BCUT2D eigenvalue weighted by Gasteiger charge is -2.03. The molecule has 4 nitrogen and oxygen atoms in total. The number of aromatic nitrogens is 1. The van der Waals surface area contributed by atoms with Crippen LogP contribution in [0.1, 0.15) is 0 Å². The van der Waals surface area contributed by atoms with Crippen molar-refractivity contribution in [2.45, 2.75) is 0 Å². The normalized spacial score (nSPS) is 10.2. The Bertz CT molecular complexity index is 389. The monoisotopic (exact) mass is 176 g/mol. The lowest BCUT2D eigenvalue weighted by Crippen LogP contribution is -1.88. The summed E-state index contributed by atoms with van der Waals surface area (Å²) in [6.45, 7) is 0. The molecule has 0 saturated carbocycles. The van der Waals surface area contributed by atoms with Gasteiger partial charge in [0.05, 0.1) is 11.8 Å². The van der Waals surface area contributed by atoms with Crippen LogP contribution < -0.4 is 5.73 Å². The average molecular weight is 176 g/mol. The van der Waals surface area contributed by atoms with Crippen LogP contribution in [-0.2, 0) is 0 Å². The number of anilines is 1. The lowest BCUT2D eigenvalue weighted by atomic mass is 10.1. The first-order valence-electron chi connectivity index (χ1n) is 3.75. The average Bonchev–Trinajstić information content (AvgIpc) is 2.57. The molecule has 0 spiro atoms. The van der Waals surface area contributed by atoms with E-state index in [1.165, 1.54) is 12.6 Å². The number of rotatable bonds is 1. The zero-order valence-corrected chi connectivity index (χ0v) is 6.77. The molecule has 0 aliphatic carbocycles. The predicted molar refractivity (Wildman–Crippen MR) is 48.0 cm³/mol. The van der Waals surface area contributed by atoms with Crippen LogP contribution in [0.4, 0.5) is 5.69 Å². The summed E-state index contributed by atoms with van der Waals surface area (Å²) in [6.07, 6.45) is 2.80. The maximum atomic E-state index is 9.50. The van der Waals surface area contributed by atoms with E-state index < -0.39 is 0 Å². The van der Waals surface area contributed by atoms with Gasteiger partial charge in [0.15, 0.2) is 12.2 Å². The Hall–Kier alpha value is -1.97. The molecule has 1 aromatic heterocycles. The highest BCUT2D eigenvalue weighted by molar-refractivity contribution is 5.77. The number of phenols is 1. The van der Waals surface area contributed by atoms with E-state index in [0.29, 0.717) is 17.0 Å². The van der Waals surface area contributed by atoms with E-state index in [2.05, 4.69) is 4.98 Å². The van der Waals surface area contributed by atoms with Crippen LogP contribution >= 0.6 is 0 Å². The first-order valence-corrected chi connectivity index (χ1v) is 3.75. The number of nitrogens with zero attached hydrogens (tertiary/aromatic N) is 1. The molecule has 0 bridgehead atoms. The first-order chi connectivity index (χ1) is 6.29. The predicted octanol–water partition coefficient (Wildman–Crippen LogP) is 1.63. The second-order valence-electron chi connectivity index (χ2n) is 2.61. The van der Waals surface area contributed by atoms with Crippen LogP contribution in [0.5, 0.6) is 5.75 Å². The third-order valence-electron chi connectivity index (χ3n) is 1.75. The van der Waals surface area contributed by atoms with Crippen molar-refractivity contribution in [2.24, 2.45) is 0 Å². The van der Waals surface area contributed by atoms with Gasteiger partial charge < -0.3 is 15.3 Å². The molecule has 0 unspecified atom stereocenters. The number of phenolic OH excluding ortho intramolecular Hbond substituents is 1. The highest BCUT2D eigenvalue weighted by Gasteiger charge is 2.10. The zero-order chi connectivity index (χ0) is 9.26. The molecule has 0 radical (unpaired) electrons. The third-order valence-corrected chi connectivity index (χ3v) is 1.75. The number of benzene rings is 1. The van der Waals surface area contributed by atoms with E-state index in [4.69, 9.17) is 10.2 Å². The van der Waals surface area contributed by atoms with Gasteiger partial charge in [-0.2, -0.15) is 0 Å². The largest absolute Gasteiger partial charge is 0.507 e. The Morgan fingerprint density at radius 2 is 2.23 bits per heavy atom. The van der Waals surface area contributed by atoms with Gasteiger partial charge in [-0.3, -0.25) is 0 Å². The van der Waals surface area contributed by atoms with Gasteiger partial charge in [-0.15, -0.1) is 0 Å². The first kappa shape index (κ1) is 7.67. The molecule has 2 aromatic rings. The number of nitrogens with two attached hydrogens (primary N) is 1. The Labute approximate surface area is 74.6 Å². The third kappa shape index (κ3) is 1.22. The topological polar surface area (TPSA) is 72.3 Å². The van der Waals surface area contributed by atoms with Crippen molar-refractivity contribution in [2.75, 3.05) is 5.73 Å². The standard InChI is InChI=1S/C9H8N2O2/c10-6-2-1-3-7(12)9(6)8-4-11-5-13-8/h1-5,12H,10H2. The number of nitrogen functional groups attached to an aromatic ring is 1. The van der Waals surface area contributed by atoms with E-state index in [9.17, 15) is 5.11 Å². The van der Waals surface area contributed by atoms with Crippen molar-refractivity contribution >= 4 is 5.69 Å². The minimum absolute atomic E-state index is 0.0942. The fraction of sp³-hybridized carbons (Fsp3) is 0. The minimum Gasteiger partial charge on any atom is -0.507 e. The molecule has 0 aliphatic rings. The molecule has 0 atom stereocenters. The Morgan fingerprint density at radius 1 is 1.38 bits per heavy atom. The van der Waals surface area contributed by atoms with Crippen LogP contribution in [0.15, 0.2) is 35.2 Å². The number of hydrogen-bond acceptors (Lipinski definition) is 4. The minimum atomic E-state index is 0.0942. The molecule has 0 amide bonds. The van der Waals surface area contributed by atoms with Gasteiger partial charge in [-0.25, -0.2) is 4.98 Å². The molecule has 0 saturated heterocycles. The summed E-state index contributed by atoms with van der Waals surface area (Å²) < 4.78 is 5.03. The number of oxazole rings is 1. The molecule has 3 N–H and O–H groups in total. The zero-order valence-electron chi connectivity index (χ0n) is 6.77. The van der Waals surface area contributed by atoms with Crippen molar-refractivity contribution in [3.8, 4) is 17.1 Å². The highest BCUT2D eigenvalue weighted by atomic mass is 16.3. The van der Waals surface area contributed by atoms with Gasteiger partial charge >= 0.3 is 0 Å². The van der Waals surface area contributed by atoms with Crippen molar-refractivity contribution in [3.63, 3.8) is 0 Å². The van der Waals surface area contributed by atoms with Crippen LogP contribution in [0.25, 0.3) is 11.3 Å². The molecular formula is C9H8N2O2. The molecule has 1 aromatic carbocycles. The van der Waals surface area contributed by atoms with Gasteiger partial charge in [0.1, 0.15) is 5.75 Å². The van der Waals surface area contributed by atoms with E-state index >= 15 is 0 Å². The Balaban J connectivity index is 2.64. The summed E-state index contributed by atoms with van der Waals surface area (Å²) in [7, 11) is 0. The van der Waals surface area contributed by atoms with Crippen LogP contribution in [-0.4, -0.2) is 10.1 Å². The number of hydrogen-bond donors (Lipinski definition) is 2. The molecule has 0 aliphatic heterocycles. The van der Waals surface area contributed by atoms with Gasteiger partial charge in [0.25, 0.3) is 0 Å². The van der Waals surface area contributed by atoms with E-state index in [-0.39, 0.29) is 5.75 Å². The smallest absolute Gasteiger partial charge is 0.181 e. The van der Waals surface area contributed by atoms with Gasteiger partial charge in [-0.1, -0.05) is 6.07 Å². The SMILES string of the molecule is Nc1cccc(O)c1-c1cnco1. The maximum absolute atomic E-state index is 9.50. The molecular weight excluding hydrogens is 168 g/mol. The van der Waals surface area contributed by atoms with Crippen LogP contribution in [0, 0.1) is 0 Å². The molecule has 0 fully saturated rings. The van der Waals surface area contributed by atoms with E-state index in [1.54, 1.807) is 18.2 Å². The van der Waals surface area contributed by atoms with Crippen molar-refractivity contribution in [3.05, 3.63) is 30.8 Å². The molecule has 2 rings (SSSR count). The van der Waals surface area contributed by atoms with Crippen molar-refractivity contribution in [1.82, 2.24) is 4.98 Å². The van der Waals surface area contributed by atoms with Crippen molar-refractivity contribution < 1.29 is 9.52 Å². The van der Waals surface area contributed by atoms with E-state index in [0.717, 1.165) is 0 Å². The van der Waals surface area contributed by atoms with Gasteiger partial charge in [0.2, 0.25) is 0 Å². The van der Waals surface area contributed by atoms with E-state index in [1.807, 2.05) is 0 Å². The summed E-state index contributed by atoms with van der Waals surface area (Å²) in [5.41, 5.74) is 6.62. The lowest BCUT2D eigenvalue weighted by molar-refractivity contribution is 0.474. The van der Waals surface area contributed by atoms with Crippen LogP contribution in [0.2, 0.25) is 0 Å². The van der Waals surface area contributed by atoms with Crippen molar-refractivity contribution in [1.29, 1.82) is 0 Å². The molecule has 66 valence electrons. The quantitative estimate of drug-likeness (QED) is 0.647. The summed E-state index contributed by atoms with van der Waals surface area (Å²) in [5, 5.41) is 9.50. The Morgan fingerprint density at radius 3 is 2.85 bits per heavy atom. The second-order valence-corrected chi connectivity index (χ2v) is 2.61. The fourth-order valence-corrected chi connectivity index (χ4v) is 1.17. The van der Waals surface area contributed by atoms with Gasteiger partial charge in [-0.05, 0) is 12.1 Å². The number of aromatic hydroxyl groups is 1. The fourth-order valence-electron chi connectivity index (χ4n) is 1.17. The molecule has 13 heavy (non-hydrogen) atoms. The summed E-state index contributed by atoms with van der Waals surface area (Å²) >= 11 is 0. The maximum Gasteiger partial charge on any atom is 0.181 e. The molecule has 1 heterocycles. The summed E-state index contributed by atoms with van der Waals surface area (Å²) in [5.74, 6) is 0.562. The highest BCUT2D eigenvalue weighted by Crippen LogP contribution is 2.33. The second kappa shape index (κ2) is 2.82. The van der Waals surface area contributed by atoms with Crippen LogP contribution in [0.3, 0.4) is 0 Å².